The van der Waals surface area contributed by atoms with E-state index in [1.807, 2.05) is 13.0 Å². The van der Waals surface area contributed by atoms with Gasteiger partial charge in [0, 0.05) is 17.6 Å². The number of nitrogens with zero attached hydrogens (tertiary/aromatic N) is 1. The lowest BCUT2D eigenvalue weighted by Gasteiger charge is -2.30. The van der Waals surface area contributed by atoms with Crippen molar-refractivity contribution in [1.82, 2.24) is 10.3 Å². The van der Waals surface area contributed by atoms with E-state index in [0.29, 0.717) is 0 Å². The zero-order valence-electron chi connectivity index (χ0n) is 13.9. The third-order valence-corrected chi connectivity index (χ3v) is 5.17. The van der Waals surface area contributed by atoms with Crippen LogP contribution in [0.4, 0.5) is 0 Å². The average Bonchev–Trinajstić information content (AvgIpc) is 2.99. The molecule has 2 aromatic carbocycles. The summed E-state index contributed by atoms with van der Waals surface area (Å²) in [5, 5.41) is 15.0. The molecule has 1 aromatic heterocycles. The van der Waals surface area contributed by atoms with E-state index < -0.39 is 0 Å². The number of nitrogens with one attached hydrogen (secondary N) is 1. The van der Waals surface area contributed by atoms with Crippen LogP contribution in [0.15, 0.2) is 54.6 Å². The molecule has 2 N–H and O–H groups in total. The third kappa shape index (κ3) is 2.50. The van der Waals surface area contributed by atoms with Crippen LogP contribution in [-0.4, -0.2) is 16.7 Å². The molecule has 1 heterocycles. The monoisotopic (exact) mass is 318 g/mol. The number of aromatic nitrogens is 1. The van der Waals surface area contributed by atoms with Gasteiger partial charge >= 0.3 is 0 Å². The van der Waals surface area contributed by atoms with Gasteiger partial charge in [-0.3, -0.25) is 4.98 Å². The Hall–Kier alpha value is -2.23. The molecular weight excluding hydrogens is 296 g/mol. The summed E-state index contributed by atoms with van der Waals surface area (Å²) in [5.74, 6) is 0. The minimum atomic E-state index is -0.338. The molecule has 0 radical (unpaired) electrons. The summed E-state index contributed by atoms with van der Waals surface area (Å²) < 4.78 is 0. The summed E-state index contributed by atoms with van der Waals surface area (Å²) in [5.41, 5.74) is 5.52. The Bertz CT molecular complexity index is 890. The Balaban J connectivity index is 1.68. The summed E-state index contributed by atoms with van der Waals surface area (Å²) >= 11 is 0. The predicted octanol–water partition coefficient (Wildman–Crippen LogP) is 3.47. The number of benzene rings is 2. The quantitative estimate of drug-likeness (QED) is 0.774. The second-order valence-electron chi connectivity index (χ2n) is 6.69. The molecule has 0 bridgehead atoms. The maximum atomic E-state index is 10.1. The second kappa shape index (κ2) is 6.00. The van der Waals surface area contributed by atoms with Gasteiger partial charge in [0.25, 0.3) is 0 Å². The highest BCUT2D eigenvalue weighted by molar-refractivity contribution is 5.82. The molecule has 1 aliphatic carbocycles. The zero-order valence-corrected chi connectivity index (χ0v) is 13.9. The number of aliphatic hydroxyl groups is 1. The van der Waals surface area contributed by atoms with Crippen LogP contribution in [0, 0.1) is 6.92 Å². The lowest BCUT2D eigenvalue weighted by molar-refractivity contribution is 0.159. The SMILES string of the molecule is Cc1cc(CNC2(CO)CCc3ccccc32)c2ccccc2n1. The van der Waals surface area contributed by atoms with Gasteiger partial charge in [0.05, 0.1) is 17.7 Å². The molecule has 1 atom stereocenters. The van der Waals surface area contributed by atoms with Gasteiger partial charge in [-0.05, 0) is 48.6 Å². The number of pyridine rings is 1. The molecule has 3 aromatic rings. The van der Waals surface area contributed by atoms with Crippen LogP contribution < -0.4 is 5.32 Å². The van der Waals surface area contributed by atoms with Crippen LogP contribution in [0.5, 0.6) is 0 Å². The molecule has 4 rings (SSSR count). The van der Waals surface area contributed by atoms with E-state index in [-0.39, 0.29) is 12.1 Å². The van der Waals surface area contributed by atoms with Crippen LogP contribution in [-0.2, 0) is 18.5 Å². The summed E-state index contributed by atoms with van der Waals surface area (Å²) in [6.07, 6.45) is 1.95. The van der Waals surface area contributed by atoms with E-state index in [2.05, 4.69) is 58.8 Å². The first-order valence-electron chi connectivity index (χ1n) is 8.51. The van der Waals surface area contributed by atoms with Crippen molar-refractivity contribution in [3.8, 4) is 0 Å². The molecular formula is C21H22N2O. The molecule has 0 saturated heterocycles. The molecule has 0 fully saturated rings. The fourth-order valence-electron chi connectivity index (χ4n) is 3.90. The normalized spacial score (nSPS) is 19.6. The van der Waals surface area contributed by atoms with Crippen molar-refractivity contribution in [2.24, 2.45) is 0 Å². The van der Waals surface area contributed by atoms with E-state index in [1.54, 1.807) is 0 Å². The Morgan fingerprint density at radius 1 is 1.12 bits per heavy atom. The standard InChI is InChI=1S/C21H22N2O/c1-15-12-17(18-7-3-5-9-20(18)23-15)13-22-21(14-24)11-10-16-6-2-4-8-19(16)21/h2-9,12,22,24H,10-11,13-14H2,1H3. The first kappa shape index (κ1) is 15.3. The van der Waals surface area contributed by atoms with Crippen LogP contribution in [0.2, 0.25) is 0 Å². The molecule has 0 spiro atoms. The first-order chi connectivity index (χ1) is 11.7. The van der Waals surface area contributed by atoms with E-state index in [0.717, 1.165) is 30.6 Å². The molecule has 0 amide bonds. The summed E-state index contributed by atoms with van der Waals surface area (Å²) in [6.45, 7) is 2.87. The lowest BCUT2D eigenvalue weighted by atomic mass is 9.92. The highest BCUT2D eigenvalue weighted by Gasteiger charge is 2.37. The molecule has 24 heavy (non-hydrogen) atoms. The highest BCUT2D eigenvalue weighted by Crippen LogP contribution is 2.37. The van der Waals surface area contributed by atoms with Crippen LogP contribution in [0.3, 0.4) is 0 Å². The fraction of sp³-hybridized carbons (Fsp3) is 0.286. The van der Waals surface area contributed by atoms with Gasteiger partial charge in [-0.1, -0.05) is 42.5 Å². The maximum Gasteiger partial charge on any atom is 0.0708 e. The second-order valence-corrected chi connectivity index (χ2v) is 6.69. The fourth-order valence-corrected chi connectivity index (χ4v) is 3.90. The Kier molecular flexibility index (Phi) is 3.83. The van der Waals surface area contributed by atoms with Crippen molar-refractivity contribution in [1.29, 1.82) is 0 Å². The number of hydrogen-bond donors (Lipinski definition) is 2. The van der Waals surface area contributed by atoms with E-state index >= 15 is 0 Å². The molecule has 122 valence electrons. The van der Waals surface area contributed by atoms with Crippen LogP contribution >= 0.6 is 0 Å². The van der Waals surface area contributed by atoms with Gasteiger partial charge in [-0.15, -0.1) is 0 Å². The largest absolute Gasteiger partial charge is 0.394 e. The summed E-state index contributed by atoms with van der Waals surface area (Å²) in [6, 6.07) is 18.8. The van der Waals surface area contributed by atoms with Crippen molar-refractivity contribution >= 4 is 10.9 Å². The maximum absolute atomic E-state index is 10.1. The van der Waals surface area contributed by atoms with Crippen molar-refractivity contribution in [3.05, 3.63) is 77.0 Å². The van der Waals surface area contributed by atoms with Crippen molar-refractivity contribution in [2.45, 2.75) is 31.8 Å². The van der Waals surface area contributed by atoms with E-state index in [4.69, 9.17) is 0 Å². The van der Waals surface area contributed by atoms with Crippen molar-refractivity contribution in [2.75, 3.05) is 6.61 Å². The highest BCUT2D eigenvalue weighted by atomic mass is 16.3. The Morgan fingerprint density at radius 3 is 2.79 bits per heavy atom. The molecule has 3 nitrogen and oxygen atoms in total. The minimum absolute atomic E-state index is 0.117. The average molecular weight is 318 g/mol. The topological polar surface area (TPSA) is 45.1 Å². The molecule has 1 unspecified atom stereocenters. The Labute approximate surface area is 142 Å². The number of hydrogen-bond acceptors (Lipinski definition) is 3. The predicted molar refractivity (Wildman–Crippen MR) is 96.8 cm³/mol. The number of fused-ring (bicyclic) bond motifs is 2. The number of para-hydroxylation sites is 1. The molecule has 3 heteroatoms. The number of rotatable bonds is 4. The van der Waals surface area contributed by atoms with Crippen molar-refractivity contribution < 1.29 is 5.11 Å². The molecule has 0 aliphatic heterocycles. The smallest absolute Gasteiger partial charge is 0.0708 e. The van der Waals surface area contributed by atoms with Gasteiger partial charge in [-0.2, -0.15) is 0 Å². The lowest BCUT2D eigenvalue weighted by Crippen LogP contribution is -2.43. The van der Waals surface area contributed by atoms with Gasteiger partial charge in [0.15, 0.2) is 0 Å². The third-order valence-electron chi connectivity index (χ3n) is 5.17. The van der Waals surface area contributed by atoms with Gasteiger partial charge in [0.1, 0.15) is 0 Å². The van der Waals surface area contributed by atoms with Gasteiger partial charge < -0.3 is 10.4 Å². The van der Waals surface area contributed by atoms with Crippen LogP contribution in [0.1, 0.15) is 28.8 Å². The first-order valence-corrected chi connectivity index (χ1v) is 8.51. The number of aryl methyl sites for hydroxylation is 2. The van der Waals surface area contributed by atoms with Crippen molar-refractivity contribution in [3.63, 3.8) is 0 Å². The number of aliphatic hydroxyl groups excluding tert-OH is 1. The molecule has 0 saturated carbocycles. The zero-order chi connectivity index (χ0) is 16.6. The summed E-state index contributed by atoms with van der Waals surface area (Å²) in [4.78, 5) is 4.61. The van der Waals surface area contributed by atoms with E-state index in [9.17, 15) is 5.11 Å². The van der Waals surface area contributed by atoms with Gasteiger partial charge in [0.2, 0.25) is 0 Å². The minimum Gasteiger partial charge on any atom is -0.394 e. The summed E-state index contributed by atoms with van der Waals surface area (Å²) in [7, 11) is 0. The Morgan fingerprint density at radius 2 is 1.92 bits per heavy atom. The van der Waals surface area contributed by atoms with Gasteiger partial charge in [-0.25, -0.2) is 0 Å². The van der Waals surface area contributed by atoms with Crippen LogP contribution in [0.25, 0.3) is 10.9 Å². The van der Waals surface area contributed by atoms with E-state index in [1.165, 1.54) is 22.1 Å². The molecule has 1 aliphatic rings.